The third-order valence-electron chi connectivity index (χ3n) is 6.57. The molecule has 2 amide bonds. The summed E-state index contributed by atoms with van der Waals surface area (Å²) >= 11 is 0. The van der Waals surface area contributed by atoms with Gasteiger partial charge in [-0.1, -0.05) is 36.4 Å². The highest BCUT2D eigenvalue weighted by atomic mass is 16.5. The molecule has 1 aliphatic heterocycles. The molecule has 172 valence electrons. The Balaban J connectivity index is 1.32. The maximum absolute atomic E-state index is 12.8. The number of rotatable bonds is 6. The van der Waals surface area contributed by atoms with Crippen LogP contribution >= 0.6 is 0 Å². The Hall–Kier alpha value is -3.41. The van der Waals surface area contributed by atoms with E-state index in [0.29, 0.717) is 25.9 Å². The Labute approximate surface area is 195 Å². The lowest BCUT2D eigenvalue weighted by Gasteiger charge is -2.32. The second-order valence-electron chi connectivity index (χ2n) is 8.71. The van der Waals surface area contributed by atoms with Gasteiger partial charge in [0, 0.05) is 35.8 Å². The minimum Gasteiger partial charge on any atom is -0.496 e. The number of aromatic nitrogens is 1. The van der Waals surface area contributed by atoms with Crippen LogP contribution in [0.3, 0.4) is 0 Å². The maximum atomic E-state index is 12.8. The molecule has 2 heterocycles. The fraction of sp³-hybridized carbons (Fsp3) is 0.370. The number of carbonyl (C=O) groups is 2. The number of benzene rings is 2. The van der Waals surface area contributed by atoms with Gasteiger partial charge in [0.15, 0.2) is 0 Å². The van der Waals surface area contributed by atoms with Gasteiger partial charge in [0.25, 0.3) is 0 Å². The van der Waals surface area contributed by atoms with Gasteiger partial charge in [-0.15, -0.1) is 0 Å². The van der Waals surface area contributed by atoms with Crippen molar-refractivity contribution >= 4 is 22.7 Å². The Morgan fingerprint density at radius 3 is 2.48 bits per heavy atom. The van der Waals surface area contributed by atoms with Crippen molar-refractivity contribution in [3.8, 4) is 5.75 Å². The van der Waals surface area contributed by atoms with E-state index in [1.807, 2.05) is 54.3 Å². The molecule has 1 aromatic heterocycles. The number of carbonyl (C=O) groups excluding carboxylic acids is 2. The molecule has 1 saturated heterocycles. The van der Waals surface area contributed by atoms with Crippen molar-refractivity contribution in [2.45, 2.75) is 45.6 Å². The Morgan fingerprint density at radius 1 is 1.03 bits per heavy atom. The lowest BCUT2D eigenvalue weighted by Crippen LogP contribution is -2.47. The first-order valence-electron chi connectivity index (χ1n) is 11.5. The molecule has 0 bridgehead atoms. The highest BCUT2D eigenvalue weighted by Gasteiger charge is 2.25. The van der Waals surface area contributed by atoms with Gasteiger partial charge in [0.2, 0.25) is 11.8 Å². The minimum atomic E-state index is 0.0112. The van der Waals surface area contributed by atoms with E-state index >= 15 is 0 Å². The Morgan fingerprint density at radius 2 is 1.73 bits per heavy atom. The maximum Gasteiger partial charge on any atom is 0.227 e. The number of hydrogen-bond donors (Lipinski definition) is 1. The van der Waals surface area contributed by atoms with E-state index < -0.39 is 0 Å². The van der Waals surface area contributed by atoms with E-state index in [4.69, 9.17) is 4.74 Å². The third-order valence-corrected chi connectivity index (χ3v) is 6.57. The average Bonchev–Trinajstić information content (AvgIpc) is 2.82. The number of methoxy groups -OCH3 is 1. The predicted octanol–water partition coefficient (Wildman–Crippen LogP) is 3.75. The molecule has 1 aliphatic rings. The van der Waals surface area contributed by atoms with Crippen molar-refractivity contribution in [3.05, 3.63) is 70.9 Å². The topological polar surface area (TPSA) is 71.5 Å². The zero-order valence-electron chi connectivity index (χ0n) is 19.6. The van der Waals surface area contributed by atoms with Crippen LogP contribution in [0.1, 0.15) is 35.2 Å². The average molecular weight is 446 g/mol. The van der Waals surface area contributed by atoms with Gasteiger partial charge < -0.3 is 15.0 Å². The van der Waals surface area contributed by atoms with Crippen LogP contribution in [-0.2, 0) is 22.4 Å². The number of hydrogen-bond acceptors (Lipinski definition) is 4. The highest BCUT2D eigenvalue weighted by molar-refractivity contribution is 5.86. The highest BCUT2D eigenvalue weighted by Crippen LogP contribution is 2.23. The summed E-state index contributed by atoms with van der Waals surface area (Å²) in [6, 6.07) is 15.7. The molecule has 1 N–H and O–H groups in total. The number of para-hydroxylation sites is 2. The number of ether oxygens (including phenoxy) is 1. The molecule has 0 aliphatic carbocycles. The van der Waals surface area contributed by atoms with E-state index in [1.165, 1.54) is 0 Å². The van der Waals surface area contributed by atoms with Gasteiger partial charge in [-0.2, -0.15) is 0 Å². The van der Waals surface area contributed by atoms with Crippen molar-refractivity contribution in [2.24, 2.45) is 0 Å². The standard InChI is InChI=1S/C27H31N3O3/c1-18-22-9-5-6-10-24(22)28-19(2)23(18)17-26(31)29-21-12-14-30(15-13-21)27(32)16-20-8-4-7-11-25(20)33-3/h4-11,21H,12-17H2,1-3H3,(H,29,31). The van der Waals surface area contributed by atoms with Gasteiger partial charge in [-0.05, 0) is 49.9 Å². The van der Waals surface area contributed by atoms with Crippen molar-refractivity contribution in [3.63, 3.8) is 0 Å². The van der Waals surface area contributed by atoms with Gasteiger partial charge >= 0.3 is 0 Å². The van der Waals surface area contributed by atoms with E-state index in [9.17, 15) is 9.59 Å². The van der Waals surface area contributed by atoms with Crippen LogP contribution in [0, 0.1) is 13.8 Å². The van der Waals surface area contributed by atoms with E-state index in [2.05, 4.69) is 23.3 Å². The van der Waals surface area contributed by atoms with Crippen molar-refractivity contribution in [1.29, 1.82) is 0 Å². The lowest BCUT2D eigenvalue weighted by molar-refractivity contribution is -0.131. The monoisotopic (exact) mass is 445 g/mol. The number of nitrogens with one attached hydrogen (secondary N) is 1. The summed E-state index contributed by atoms with van der Waals surface area (Å²) in [4.78, 5) is 32.1. The van der Waals surface area contributed by atoms with Gasteiger partial charge in [-0.3, -0.25) is 14.6 Å². The van der Waals surface area contributed by atoms with Gasteiger partial charge in [-0.25, -0.2) is 0 Å². The molecule has 3 aromatic rings. The lowest BCUT2D eigenvalue weighted by atomic mass is 9.98. The zero-order chi connectivity index (χ0) is 23.4. The molecule has 6 nitrogen and oxygen atoms in total. The fourth-order valence-corrected chi connectivity index (χ4v) is 4.67. The molecule has 4 rings (SSSR count). The molecule has 2 aromatic carbocycles. The normalized spacial score (nSPS) is 14.3. The Bertz CT molecular complexity index is 1170. The summed E-state index contributed by atoms with van der Waals surface area (Å²) in [5, 5.41) is 4.26. The van der Waals surface area contributed by atoms with Gasteiger partial charge in [0.05, 0.1) is 25.5 Å². The van der Waals surface area contributed by atoms with Crippen molar-refractivity contribution in [2.75, 3.05) is 20.2 Å². The van der Waals surface area contributed by atoms with Crippen LogP contribution in [0.25, 0.3) is 10.9 Å². The molecule has 0 spiro atoms. The molecule has 0 unspecified atom stereocenters. The molecule has 6 heteroatoms. The first-order chi connectivity index (χ1) is 16.0. The summed E-state index contributed by atoms with van der Waals surface area (Å²) in [5.74, 6) is 0.844. The minimum absolute atomic E-state index is 0.0112. The van der Waals surface area contributed by atoms with Crippen molar-refractivity contribution in [1.82, 2.24) is 15.2 Å². The molecule has 0 atom stereocenters. The fourth-order valence-electron chi connectivity index (χ4n) is 4.67. The van der Waals surface area contributed by atoms with E-state index in [1.54, 1.807) is 7.11 Å². The van der Waals surface area contributed by atoms with Crippen molar-refractivity contribution < 1.29 is 14.3 Å². The zero-order valence-corrected chi connectivity index (χ0v) is 19.6. The summed E-state index contributed by atoms with van der Waals surface area (Å²) in [7, 11) is 1.62. The number of pyridine rings is 1. The smallest absolute Gasteiger partial charge is 0.227 e. The van der Waals surface area contributed by atoms with Crippen LogP contribution in [0.5, 0.6) is 5.75 Å². The third kappa shape index (κ3) is 5.16. The summed E-state index contributed by atoms with van der Waals surface area (Å²) in [6.07, 6.45) is 2.17. The van der Waals surface area contributed by atoms with Crippen LogP contribution in [0.2, 0.25) is 0 Å². The second kappa shape index (κ2) is 10.0. The van der Waals surface area contributed by atoms with Crippen LogP contribution in [0.4, 0.5) is 0 Å². The number of aryl methyl sites for hydroxylation is 2. The first kappa shape index (κ1) is 22.8. The van der Waals surface area contributed by atoms with E-state index in [-0.39, 0.29) is 17.9 Å². The van der Waals surface area contributed by atoms with Gasteiger partial charge in [0.1, 0.15) is 5.75 Å². The number of piperidine rings is 1. The number of fused-ring (bicyclic) bond motifs is 1. The molecular weight excluding hydrogens is 414 g/mol. The number of nitrogens with zero attached hydrogens (tertiary/aromatic N) is 2. The molecule has 33 heavy (non-hydrogen) atoms. The number of likely N-dealkylation sites (tertiary alicyclic amines) is 1. The summed E-state index contributed by atoms with van der Waals surface area (Å²) < 4.78 is 5.36. The SMILES string of the molecule is COc1ccccc1CC(=O)N1CCC(NC(=O)Cc2c(C)nc3ccccc3c2C)CC1. The molecular formula is C27H31N3O3. The quantitative estimate of drug-likeness (QED) is 0.627. The summed E-state index contributed by atoms with van der Waals surface area (Å²) in [6.45, 7) is 5.32. The van der Waals surface area contributed by atoms with E-state index in [0.717, 1.165) is 51.9 Å². The molecule has 0 radical (unpaired) electrons. The summed E-state index contributed by atoms with van der Waals surface area (Å²) in [5.41, 5.74) is 4.87. The van der Waals surface area contributed by atoms with Crippen LogP contribution in [0.15, 0.2) is 48.5 Å². The largest absolute Gasteiger partial charge is 0.496 e. The molecule has 0 saturated carbocycles. The first-order valence-corrected chi connectivity index (χ1v) is 11.5. The van der Waals surface area contributed by atoms with Crippen LogP contribution < -0.4 is 10.1 Å². The number of amides is 2. The molecule has 1 fully saturated rings. The Kier molecular flexibility index (Phi) is 6.92. The second-order valence-corrected chi connectivity index (χ2v) is 8.71. The van der Waals surface area contributed by atoms with Crippen LogP contribution in [-0.4, -0.2) is 47.9 Å². The predicted molar refractivity (Wildman–Crippen MR) is 129 cm³/mol.